The van der Waals surface area contributed by atoms with Crippen molar-refractivity contribution in [3.8, 4) is 0 Å². The lowest BCUT2D eigenvalue weighted by atomic mass is 10.2. The number of thiophene rings is 1. The predicted octanol–water partition coefficient (Wildman–Crippen LogP) is 2.47. The predicted molar refractivity (Wildman–Crippen MR) is 67.6 cm³/mol. The summed E-state index contributed by atoms with van der Waals surface area (Å²) in [6.07, 6.45) is 0. The van der Waals surface area contributed by atoms with Gasteiger partial charge in [-0.05, 0) is 34.5 Å². The van der Waals surface area contributed by atoms with E-state index in [2.05, 4.69) is 39.6 Å². The number of piperazine rings is 1. The molecule has 80 valence electrons. The monoisotopic (exact) mass is 296 g/mol. The Hall–Kier alpha value is 0.390. The highest BCUT2D eigenvalue weighted by molar-refractivity contribution is 9.11. The van der Waals surface area contributed by atoms with Crippen LogP contribution in [-0.4, -0.2) is 19.6 Å². The van der Waals surface area contributed by atoms with Gasteiger partial charge in [0.15, 0.2) is 0 Å². The summed E-state index contributed by atoms with van der Waals surface area (Å²) >= 11 is 5.39. The van der Waals surface area contributed by atoms with E-state index in [4.69, 9.17) is 0 Å². The maximum absolute atomic E-state index is 3.55. The van der Waals surface area contributed by atoms with Crippen molar-refractivity contribution in [2.45, 2.75) is 13.0 Å². The van der Waals surface area contributed by atoms with E-state index >= 15 is 0 Å². The largest absolute Gasteiger partial charge is 0.314 e. The van der Waals surface area contributed by atoms with Gasteiger partial charge in [0.05, 0.1) is 9.83 Å². The Labute approximate surface area is 103 Å². The van der Waals surface area contributed by atoms with Crippen LogP contribution in [0.15, 0.2) is 9.85 Å². The molecule has 0 aliphatic carbocycles. The Kier molecular flexibility index (Phi) is 4.87. The van der Waals surface area contributed by atoms with Crippen molar-refractivity contribution in [1.29, 1.82) is 0 Å². The van der Waals surface area contributed by atoms with Crippen LogP contribution in [0.4, 0.5) is 0 Å². The van der Waals surface area contributed by atoms with Crippen LogP contribution in [0.2, 0.25) is 0 Å². The van der Waals surface area contributed by atoms with Crippen molar-refractivity contribution in [2.24, 2.45) is 0 Å². The summed E-state index contributed by atoms with van der Waals surface area (Å²) in [5.74, 6) is 0. The molecule has 0 radical (unpaired) electrons. The van der Waals surface area contributed by atoms with E-state index in [1.54, 1.807) is 0 Å². The van der Waals surface area contributed by atoms with Crippen LogP contribution in [0.1, 0.15) is 16.5 Å². The minimum atomic E-state index is 0. The Morgan fingerprint density at radius 3 is 2.79 bits per heavy atom. The Balaban J connectivity index is 0.000000980. The van der Waals surface area contributed by atoms with E-state index in [0.717, 1.165) is 19.6 Å². The molecule has 14 heavy (non-hydrogen) atoms. The summed E-state index contributed by atoms with van der Waals surface area (Å²) in [6.45, 7) is 5.34. The highest BCUT2D eigenvalue weighted by Crippen LogP contribution is 2.31. The maximum Gasteiger partial charge on any atom is 0.0731 e. The van der Waals surface area contributed by atoms with Gasteiger partial charge in [-0.2, -0.15) is 0 Å². The number of hydrogen-bond acceptors (Lipinski definition) is 3. The zero-order valence-corrected chi connectivity index (χ0v) is 11.2. The number of rotatable bonds is 1. The molecule has 1 aliphatic heterocycles. The third kappa shape index (κ3) is 2.70. The number of hydrogen-bond donors (Lipinski definition) is 2. The van der Waals surface area contributed by atoms with Crippen LogP contribution >= 0.6 is 39.7 Å². The summed E-state index contributed by atoms with van der Waals surface area (Å²) in [5.41, 5.74) is 1.34. The van der Waals surface area contributed by atoms with Gasteiger partial charge in [0, 0.05) is 24.5 Å². The zero-order valence-electron chi connectivity index (χ0n) is 7.97. The highest BCUT2D eigenvalue weighted by atomic mass is 79.9. The van der Waals surface area contributed by atoms with Crippen molar-refractivity contribution >= 4 is 39.7 Å². The molecule has 2 heterocycles. The zero-order chi connectivity index (χ0) is 9.26. The molecule has 5 heteroatoms. The first-order valence-corrected chi connectivity index (χ1v) is 6.08. The Bertz CT molecular complexity index is 278. The van der Waals surface area contributed by atoms with E-state index in [1.807, 2.05) is 11.3 Å². The first-order valence-electron chi connectivity index (χ1n) is 4.47. The molecule has 1 saturated heterocycles. The molecular formula is C9H14BrClN2S. The lowest BCUT2D eigenvalue weighted by molar-refractivity contribution is 0.435. The Morgan fingerprint density at radius 2 is 2.29 bits per heavy atom. The van der Waals surface area contributed by atoms with Crippen molar-refractivity contribution in [2.75, 3.05) is 19.6 Å². The molecule has 2 nitrogen and oxygen atoms in total. The van der Waals surface area contributed by atoms with Gasteiger partial charge in [-0.3, -0.25) is 0 Å². The molecule has 1 atom stereocenters. The second-order valence-electron chi connectivity index (χ2n) is 3.32. The molecule has 0 aromatic carbocycles. The Morgan fingerprint density at radius 1 is 1.50 bits per heavy atom. The van der Waals surface area contributed by atoms with Crippen molar-refractivity contribution in [3.05, 3.63) is 20.3 Å². The third-order valence-electron chi connectivity index (χ3n) is 2.26. The molecule has 0 unspecified atom stereocenters. The minimum absolute atomic E-state index is 0. The fourth-order valence-corrected chi connectivity index (χ4v) is 3.16. The number of halogens is 2. The van der Waals surface area contributed by atoms with E-state index < -0.39 is 0 Å². The standard InChI is InChI=1S/C9H13BrN2S.ClH/c1-6-4-8(13-9(6)10)7-5-11-2-3-12-7;/h4,7,11-12H,2-3,5H2,1H3;1H/t7-;/m0./s1. The molecule has 1 aromatic heterocycles. The van der Waals surface area contributed by atoms with E-state index in [9.17, 15) is 0 Å². The van der Waals surface area contributed by atoms with Gasteiger partial charge in [-0.25, -0.2) is 0 Å². The quantitative estimate of drug-likeness (QED) is 0.832. The smallest absolute Gasteiger partial charge is 0.0731 e. The highest BCUT2D eigenvalue weighted by Gasteiger charge is 2.16. The van der Waals surface area contributed by atoms with Crippen LogP contribution in [0.5, 0.6) is 0 Å². The summed E-state index contributed by atoms with van der Waals surface area (Å²) < 4.78 is 1.26. The molecule has 0 spiro atoms. The van der Waals surface area contributed by atoms with Crippen molar-refractivity contribution in [1.82, 2.24) is 10.6 Å². The van der Waals surface area contributed by atoms with Gasteiger partial charge >= 0.3 is 0 Å². The van der Waals surface area contributed by atoms with Crippen LogP contribution in [0.25, 0.3) is 0 Å². The minimum Gasteiger partial charge on any atom is -0.314 e. The van der Waals surface area contributed by atoms with Gasteiger partial charge < -0.3 is 10.6 Å². The summed E-state index contributed by atoms with van der Waals surface area (Å²) in [6, 6.07) is 2.77. The lowest BCUT2D eigenvalue weighted by Gasteiger charge is -2.23. The molecule has 2 N–H and O–H groups in total. The molecule has 0 amide bonds. The molecule has 1 fully saturated rings. The molecule has 1 aliphatic rings. The summed E-state index contributed by atoms with van der Waals surface area (Å²) in [7, 11) is 0. The van der Waals surface area contributed by atoms with E-state index in [1.165, 1.54) is 14.2 Å². The second kappa shape index (κ2) is 5.47. The molecule has 0 bridgehead atoms. The molecule has 1 aromatic rings. The normalized spacial score (nSPS) is 21.7. The lowest BCUT2D eigenvalue weighted by Crippen LogP contribution is -2.42. The molecule has 0 saturated carbocycles. The molecule has 2 rings (SSSR count). The van der Waals surface area contributed by atoms with Crippen LogP contribution in [0.3, 0.4) is 0 Å². The second-order valence-corrected chi connectivity index (χ2v) is 5.72. The summed E-state index contributed by atoms with van der Waals surface area (Å²) in [5, 5.41) is 6.89. The number of nitrogens with one attached hydrogen (secondary N) is 2. The SMILES string of the molecule is Cc1cc([C@@H]2CNCCN2)sc1Br.Cl. The fourth-order valence-electron chi connectivity index (χ4n) is 1.51. The number of aryl methyl sites for hydroxylation is 1. The maximum atomic E-state index is 3.55. The van der Waals surface area contributed by atoms with Crippen molar-refractivity contribution in [3.63, 3.8) is 0 Å². The summed E-state index contributed by atoms with van der Waals surface area (Å²) in [4.78, 5) is 1.43. The van der Waals surface area contributed by atoms with Crippen LogP contribution in [-0.2, 0) is 0 Å². The fraction of sp³-hybridized carbons (Fsp3) is 0.556. The average molecular weight is 298 g/mol. The van der Waals surface area contributed by atoms with Gasteiger partial charge in [-0.15, -0.1) is 23.7 Å². The van der Waals surface area contributed by atoms with Gasteiger partial charge in [0.1, 0.15) is 0 Å². The molecular weight excluding hydrogens is 284 g/mol. The topological polar surface area (TPSA) is 24.1 Å². The van der Waals surface area contributed by atoms with Crippen molar-refractivity contribution < 1.29 is 0 Å². The van der Waals surface area contributed by atoms with Gasteiger partial charge in [0.2, 0.25) is 0 Å². The average Bonchev–Trinajstić information content (AvgIpc) is 2.49. The van der Waals surface area contributed by atoms with Gasteiger partial charge in [0.25, 0.3) is 0 Å². The first kappa shape index (κ1) is 12.5. The van der Waals surface area contributed by atoms with Gasteiger partial charge in [-0.1, -0.05) is 0 Å². The van der Waals surface area contributed by atoms with Crippen LogP contribution < -0.4 is 10.6 Å². The van der Waals surface area contributed by atoms with E-state index in [0.29, 0.717) is 6.04 Å². The first-order chi connectivity index (χ1) is 6.27. The third-order valence-corrected chi connectivity index (χ3v) is 4.51. The van der Waals surface area contributed by atoms with Crippen LogP contribution in [0, 0.1) is 6.92 Å². The van der Waals surface area contributed by atoms with E-state index in [-0.39, 0.29) is 12.4 Å².